The molecule has 0 atom stereocenters. The highest BCUT2D eigenvalue weighted by Gasteiger charge is 2.11. The van der Waals surface area contributed by atoms with Crippen LogP contribution < -0.4 is 5.56 Å². The Hall–Kier alpha value is -1.97. The third-order valence-corrected chi connectivity index (χ3v) is 1.91. The molecule has 0 bridgehead atoms. The molecule has 0 aliphatic heterocycles. The maximum absolute atomic E-state index is 11.5. The van der Waals surface area contributed by atoms with Crippen LogP contribution in [0.4, 0.5) is 0 Å². The monoisotopic (exact) mass is 191 g/mol. The number of nitrogens with one attached hydrogen (secondary N) is 1. The van der Waals surface area contributed by atoms with Gasteiger partial charge in [0, 0.05) is 5.69 Å². The van der Waals surface area contributed by atoms with Gasteiger partial charge in [0.25, 0.3) is 5.56 Å². The summed E-state index contributed by atoms with van der Waals surface area (Å²) in [6.07, 6.45) is 1.45. The van der Waals surface area contributed by atoms with Crippen molar-refractivity contribution < 1.29 is 9.52 Å². The smallest absolute Gasteiger partial charge is 0.262 e. The molecule has 0 fully saturated rings. The molecule has 0 aliphatic carbocycles. The average Bonchev–Trinajstić information content (AvgIpc) is 2.54. The zero-order valence-corrected chi connectivity index (χ0v) is 7.57. The van der Waals surface area contributed by atoms with E-state index in [0.29, 0.717) is 11.5 Å². The molecule has 0 amide bonds. The first-order chi connectivity index (χ1) is 6.68. The van der Waals surface area contributed by atoms with Crippen molar-refractivity contribution in [1.29, 1.82) is 0 Å². The number of aryl methyl sites for hydroxylation is 1. The van der Waals surface area contributed by atoms with E-state index in [0.717, 1.165) is 0 Å². The normalized spacial score (nSPS) is 10.4. The number of pyridine rings is 1. The first kappa shape index (κ1) is 8.62. The van der Waals surface area contributed by atoms with Crippen LogP contribution in [-0.2, 0) is 0 Å². The number of hydrogen-bond acceptors (Lipinski definition) is 3. The van der Waals surface area contributed by atoms with Gasteiger partial charge in [-0.25, -0.2) is 0 Å². The zero-order valence-electron chi connectivity index (χ0n) is 7.57. The molecule has 4 heteroatoms. The van der Waals surface area contributed by atoms with Crippen molar-refractivity contribution in [3.8, 4) is 17.1 Å². The number of aromatic amines is 1. The summed E-state index contributed by atoms with van der Waals surface area (Å²) in [4.78, 5) is 14.1. The molecule has 0 aromatic carbocycles. The molecule has 72 valence electrons. The minimum Gasteiger partial charge on any atom is -0.507 e. The van der Waals surface area contributed by atoms with E-state index in [4.69, 9.17) is 4.42 Å². The molecule has 2 rings (SSSR count). The Balaban J connectivity index is 2.71. The molecule has 2 aromatic heterocycles. The molecule has 0 aliphatic rings. The van der Waals surface area contributed by atoms with Gasteiger partial charge in [-0.05, 0) is 25.1 Å². The van der Waals surface area contributed by atoms with Crippen molar-refractivity contribution >= 4 is 0 Å². The van der Waals surface area contributed by atoms with Crippen LogP contribution in [0.1, 0.15) is 5.69 Å². The molecule has 0 unspecified atom stereocenters. The minimum absolute atomic E-state index is 0.0683. The summed E-state index contributed by atoms with van der Waals surface area (Å²) in [5.41, 5.74) is 0.431. The fourth-order valence-corrected chi connectivity index (χ4v) is 1.33. The molecule has 2 heterocycles. The van der Waals surface area contributed by atoms with Gasteiger partial charge in [0.1, 0.15) is 17.1 Å². The number of rotatable bonds is 1. The summed E-state index contributed by atoms with van der Waals surface area (Å²) >= 11 is 0. The van der Waals surface area contributed by atoms with Crippen LogP contribution in [0.5, 0.6) is 5.75 Å². The molecule has 0 saturated carbocycles. The topological polar surface area (TPSA) is 66.2 Å². The lowest BCUT2D eigenvalue weighted by Crippen LogP contribution is -2.09. The summed E-state index contributed by atoms with van der Waals surface area (Å²) in [6.45, 7) is 1.70. The van der Waals surface area contributed by atoms with Gasteiger partial charge in [0.05, 0.1) is 6.26 Å². The molecule has 2 aromatic rings. The van der Waals surface area contributed by atoms with E-state index < -0.39 is 0 Å². The second kappa shape index (κ2) is 3.06. The number of H-pyrrole nitrogens is 1. The average molecular weight is 191 g/mol. The Morgan fingerprint density at radius 2 is 2.29 bits per heavy atom. The SMILES string of the molecule is Cc1cc(O)c(-c2ccco2)c(=O)[nH]1. The Labute approximate surface area is 79.8 Å². The Morgan fingerprint density at radius 1 is 1.50 bits per heavy atom. The van der Waals surface area contributed by atoms with Crippen LogP contribution in [-0.4, -0.2) is 10.1 Å². The first-order valence-corrected chi connectivity index (χ1v) is 4.15. The lowest BCUT2D eigenvalue weighted by atomic mass is 10.2. The van der Waals surface area contributed by atoms with E-state index in [9.17, 15) is 9.90 Å². The molecule has 0 radical (unpaired) electrons. The van der Waals surface area contributed by atoms with Gasteiger partial charge in [-0.1, -0.05) is 0 Å². The second-order valence-electron chi connectivity index (χ2n) is 3.02. The van der Waals surface area contributed by atoms with Crippen LogP contribution in [0.25, 0.3) is 11.3 Å². The Kier molecular flexibility index (Phi) is 1.89. The molecular formula is C10H9NO3. The first-order valence-electron chi connectivity index (χ1n) is 4.15. The van der Waals surface area contributed by atoms with Crippen LogP contribution >= 0.6 is 0 Å². The van der Waals surface area contributed by atoms with Crippen molar-refractivity contribution in [2.45, 2.75) is 6.92 Å². The van der Waals surface area contributed by atoms with E-state index in [-0.39, 0.29) is 16.9 Å². The molecular weight excluding hydrogens is 182 g/mol. The zero-order chi connectivity index (χ0) is 10.1. The number of hydrogen-bond donors (Lipinski definition) is 2. The highest BCUT2D eigenvalue weighted by atomic mass is 16.3. The summed E-state index contributed by atoms with van der Waals surface area (Å²) in [6, 6.07) is 4.77. The summed E-state index contributed by atoms with van der Waals surface area (Å²) in [5.74, 6) is 0.296. The van der Waals surface area contributed by atoms with Gasteiger partial charge in [-0.2, -0.15) is 0 Å². The van der Waals surface area contributed by atoms with Gasteiger partial charge >= 0.3 is 0 Å². The van der Waals surface area contributed by atoms with Gasteiger partial charge in [0.2, 0.25) is 0 Å². The maximum Gasteiger partial charge on any atom is 0.262 e. The molecule has 0 spiro atoms. The Bertz CT molecular complexity index is 497. The van der Waals surface area contributed by atoms with Crippen molar-refractivity contribution in [2.75, 3.05) is 0 Å². The van der Waals surface area contributed by atoms with E-state index in [1.807, 2.05) is 0 Å². The summed E-state index contributed by atoms with van der Waals surface area (Å²) < 4.78 is 5.04. The summed E-state index contributed by atoms with van der Waals surface area (Å²) in [7, 11) is 0. The Morgan fingerprint density at radius 3 is 2.86 bits per heavy atom. The molecule has 4 nitrogen and oxygen atoms in total. The van der Waals surface area contributed by atoms with Crippen LogP contribution in [0.2, 0.25) is 0 Å². The van der Waals surface area contributed by atoms with Crippen LogP contribution in [0.15, 0.2) is 33.7 Å². The minimum atomic E-state index is -0.350. The number of aromatic hydroxyl groups is 1. The van der Waals surface area contributed by atoms with E-state index in [1.165, 1.54) is 12.3 Å². The molecule has 0 saturated heterocycles. The molecule has 14 heavy (non-hydrogen) atoms. The number of furan rings is 1. The van der Waals surface area contributed by atoms with Gasteiger partial charge < -0.3 is 14.5 Å². The predicted molar refractivity (Wildman–Crippen MR) is 51.2 cm³/mol. The van der Waals surface area contributed by atoms with Crippen molar-refractivity contribution in [3.05, 3.63) is 40.5 Å². The van der Waals surface area contributed by atoms with Gasteiger partial charge in [-0.3, -0.25) is 4.79 Å². The van der Waals surface area contributed by atoms with Crippen molar-refractivity contribution in [2.24, 2.45) is 0 Å². The second-order valence-corrected chi connectivity index (χ2v) is 3.02. The fraction of sp³-hybridized carbons (Fsp3) is 0.100. The van der Waals surface area contributed by atoms with E-state index in [1.54, 1.807) is 19.1 Å². The number of aromatic nitrogens is 1. The molecule has 2 N–H and O–H groups in total. The quantitative estimate of drug-likeness (QED) is 0.720. The predicted octanol–water partition coefficient (Wildman–Crippen LogP) is 1.65. The van der Waals surface area contributed by atoms with Gasteiger partial charge in [0.15, 0.2) is 0 Å². The lowest BCUT2D eigenvalue weighted by Gasteiger charge is -2.00. The lowest BCUT2D eigenvalue weighted by molar-refractivity contribution is 0.471. The van der Waals surface area contributed by atoms with Crippen LogP contribution in [0.3, 0.4) is 0 Å². The highest BCUT2D eigenvalue weighted by Crippen LogP contribution is 2.25. The maximum atomic E-state index is 11.5. The van der Waals surface area contributed by atoms with E-state index in [2.05, 4.69) is 4.98 Å². The fourth-order valence-electron chi connectivity index (χ4n) is 1.33. The van der Waals surface area contributed by atoms with E-state index >= 15 is 0 Å². The largest absolute Gasteiger partial charge is 0.507 e. The third-order valence-electron chi connectivity index (χ3n) is 1.91. The van der Waals surface area contributed by atoms with Crippen LogP contribution in [0, 0.1) is 6.92 Å². The standard InChI is InChI=1S/C10H9NO3/c1-6-5-7(12)9(10(13)11-6)8-3-2-4-14-8/h2-5H,1H3,(H2,11,12,13). The third kappa shape index (κ3) is 1.31. The van der Waals surface area contributed by atoms with Crippen molar-refractivity contribution in [3.63, 3.8) is 0 Å². The van der Waals surface area contributed by atoms with Gasteiger partial charge in [-0.15, -0.1) is 0 Å². The summed E-state index contributed by atoms with van der Waals surface area (Å²) in [5, 5.41) is 9.56. The highest BCUT2D eigenvalue weighted by molar-refractivity contribution is 5.64. The van der Waals surface area contributed by atoms with Crippen molar-refractivity contribution in [1.82, 2.24) is 4.98 Å².